The summed E-state index contributed by atoms with van der Waals surface area (Å²) in [7, 11) is 0. The summed E-state index contributed by atoms with van der Waals surface area (Å²) in [4.78, 5) is 22.9. The lowest BCUT2D eigenvalue weighted by atomic mass is 10.1. The fourth-order valence-electron chi connectivity index (χ4n) is 2.16. The van der Waals surface area contributed by atoms with Crippen molar-refractivity contribution in [2.24, 2.45) is 0 Å². The Balaban J connectivity index is 2.05. The van der Waals surface area contributed by atoms with Gasteiger partial charge < -0.3 is 9.88 Å². The lowest BCUT2D eigenvalue weighted by molar-refractivity contribution is 0.128. The Hall–Kier alpha value is -1.36. The molecule has 1 fully saturated rings. The normalized spacial score (nSPS) is 18.4. The molecule has 1 aromatic rings. The number of H-pyrrole nitrogens is 1. The van der Waals surface area contributed by atoms with E-state index in [1.54, 1.807) is 12.4 Å². The molecule has 2 rings (SSSR count). The van der Waals surface area contributed by atoms with Crippen LogP contribution in [0.5, 0.6) is 0 Å². The molecule has 1 aliphatic rings. The lowest BCUT2D eigenvalue weighted by Gasteiger charge is -2.42. The molecule has 0 saturated carbocycles. The highest BCUT2D eigenvalue weighted by molar-refractivity contribution is 5.35. The largest absolute Gasteiger partial charge is 0.349 e. The van der Waals surface area contributed by atoms with E-state index in [1.165, 1.54) is 0 Å². The molecule has 94 valence electrons. The van der Waals surface area contributed by atoms with Crippen molar-refractivity contribution in [2.45, 2.75) is 26.3 Å². The first-order valence-electron chi connectivity index (χ1n) is 6.02. The van der Waals surface area contributed by atoms with Crippen molar-refractivity contribution < 1.29 is 0 Å². The van der Waals surface area contributed by atoms with Crippen molar-refractivity contribution in [1.29, 1.82) is 0 Å². The average Bonchev–Trinajstić information content (AvgIpc) is 2.29. The van der Waals surface area contributed by atoms with E-state index in [4.69, 9.17) is 0 Å². The molecule has 1 saturated heterocycles. The predicted molar refractivity (Wildman–Crippen MR) is 68.4 cm³/mol. The maximum Gasteiger partial charge on any atom is 0.290 e. The van der Waals surface area contributed by atoms with Crippen LogP contribution in [-0.2, 0) is 0 Å². The van der Waals surface area contributed by atoms with E-state index in [0.29, 0.717) is 5.82 Å². The second-order valence-corrected chi connectivity index (χ2v) is 5.39. The number of aromatic nitrogens is 2. The van der Waals surface area contributed by atoms with Crippen LogP contribution in [0, 0.1) is 0 Å². The van der Waals surface area contributed by atoms with E-state index in [1.807, 2.05) is 0 Å². The third kappa shape index (κ3) is 2.66. The van der Waals surface area contributed by atoms with Crippen LogP contribution in [0.2, 0.25) is 0 Å². The predicted octanol–water partition coefficient (Wildman–Crippen LogP) is 0.690. The Kier molecular flexibility index (Phi) is 3.19. The molecule has 5 nitrogen and oxygen atoms in total. The highest BCUT2D eigenvalue weighted by Gasteiger charge is 2.26. The molecular formula is C12H20N4O. The van der Waals surface area contributed by atoms with Gasteiger partial charge in [-0.05, 0) is 20.8 Å². The van der Waals surface area contributed by atoms with E-state index in [-0.39, 0.29) is 11.1 Å². The molecular weight excluding hydrogens is 216 g/mol. The van der Waals surface area contributed by atoms with Gasteiger partial charge in [0, 0.05) is 44.1 Å². The maximum atomic E-state index is 11.6. The molecule has 2 heterocycles. The van der Waals surface area contributed by atoms with Crippen molar-refractivity contribution in [1.82, 2.24) is 14.9 Å². The minimum absolute atomic E-state index is 0.100. The molecule has 0 spiro atoms. The summed E-state index contributed by atoms with van der Waals surface area (Å²) in [5.41, 5.74) is 0.0968. The van der Waals surface area contributed by atoms with Gasteiger partial charge in [-0.3, -0.25) is 9.69 Å². The third-order valence-corrected chi connectivity index (χ3v) is 3.22. The summed E-state index contributed by atoms with van der Waals surface area (Å²) < 4.78 is 0. The van der Waals surface area contributed by atoms with Crippen molar-refractivity contribution in [3.63, 3.8) is 0 Å². The number of rotatable bonds is 1. The van der Waals surface area contributed by atoms with Gasteiger partial charge in [-0.1, -0.05) is 0 Å². The first kappa shape index (κ1) is 12.1. The maximum absolute atomic E-state index is 11.6. The monoisotopic (exact) mass is 236 g/mol. The van der Waals surface area contributed by atoms with Gasteiger partial charge >= 0.3 is 0 Å². The molecule has 0 aliphatic carbocycles. The van der Waals surface area contributed by atoms with Crippen LogP contribution < -0.4 is 10.5 Å². The summed E-state index contributed by atoms with van der Waals surface area (Å²) in [6, 6.07) is 0. The van der Waals surface area contributed by atoms with Crippen LogP contribution >= 0.6 is 0 Å². The molecule has 0 aromatic carbocycles. The zero-order valence-corrected chi connectivity index (χ0v) is 10.7. The second kappa shape index (κ2) is 4.49. The van der Waals surface area contributed by atoms with E-state index in [9.17, 15) is 4.79 Å². The van der Waals surface area contributed by atoms with E-state index >= 15 is 0 Å². The van der Waals surface area contributed by atoms with Crippen LogP contribution in [0.1, 0.15) is 20.8 Å². The number of nitrogens with one attached hydrogen (secondary N) is 1. The van der Waals surface area contributed by atoms with E-state index in [2.05, 4.69) is 40.5 Å². The number of hydrogen-bond donors (Lipinski definition) is 1. The summed E-state index contributed by atoms with van der Waals surface area (Å²) in [6.45, 7) is 10.3. The van der Waals surface area contributed by atoms with Crippen molar-refractivity contribution in [3.05, 3.63) is 22.7 Å². The van der Waals surface area contributed by atoms with Gasteiger partial charge in [-0.2, -0.15) is 0 Å². The van der Waals surface area contributed by atoms with Crippen LogP contribution in [0.3, 0.4) is 0 Å². The van der Waals surface area contributed by atoms with Gasteiger partial charge in [0.15, 0.2) is 5.82 Å². The van der Waals surface area contributed by atoms with Gasteiger partial charge in [-0.25, -0.2) is 4.98 Å². The molecule has 0 amide bonds. The first-order chi connectivity index (χ1) is 7.98. The second-order valence-electron chi connectivity index (χ2n) is 5.39. The smallest absolute Gasteiger partial charge is 0.290 e. The van der Waals surface area contributed by atoms with Gasteiger partial charge in [0.1, 0.15) is 0 Å². The van der Waals surface area contributed by atoms with Crippen molar-refractivity contribution >= 4 is 5.82 Å². The van der Waals surface area contributed by atoms with Crippen LogP contribution in [0.15, 0.2) is 17.2 Å². The number of anilines is 1. The zero-order valence-electron chi connectivity index (χ0n) is 10.7. The number of nitrogens with zero attached hydrogens (tertiary/aromatic N) is 3. The van der Waals surface area contributed by atoms with Gasteiger partial charge in [0.05, 0.1) is 0 Å². The van der Waals surface area contributed by atoms with Gasteiger partial charge in [0.25, 0.3) is 5.56 Å². The summed E-state index contributed by atoms with van der Waals surface area (Å²) in [5, 5.41) is 0. The molecule has 0 radical (unpaired) electrons. The van der Waals surface area contributed by atoms with Gasteiger partial charge in [0.2, 0.25) is 0 Å². The fraction of sp³-hybridized carbons (Fsp3) is 0.667. The zero-order chi connectivity index (χ0) is 12.5. The lowest BCUT2D eigenvalue weighted by Crippen LogP contribution is -2.54. The minimum atomic E-state index is -0.100. The highest BCUT2D eigenvalue weighted by Crippen LogP contribution is 2.17. The van der Waals surface area contributed by atoms with Crippen LogP contribution in [0.25, 0.3) is 0 Å². The van der Waals surface area contributed by atoms with E-state index in [0.717, 1.165) is 26.2 Å². The number of piperazine rings is 1. The molecule has 0 bridgehead atoms. The minimum Gasteiger partial charge on any atom is -0.349 e. The number of hydrogen-bond acceptors (Lipinski definition) is 4. The Morgan fingerprint density at radius 2 is 1.88 bits per heavy atom. The molecule has 1 aromatic heterocycles. The molecule has 0 unspecified atom stereocenters. The SMILES string of the molecule is CC(C)(C)N1CCN(c2ncc[nH]c2=O)CC1. The van der Waals surface area contributed by atoms with E-state index < -0.39 is 0 Å². The molecule has 5 heteroatoms. The topological polar surface area (TPSA) is 52.2 Å². The average molecular weight is 236 g/mol. The fourth-order valence-corrected chi connectivity index (χ4v) is 2.16. The number of aromatic amines is 1. The Bertz CT molecular complexity index is 427. The van der Waals surface area contributed by atoms with Crippen LogP contribution in [0.4, 0.5) is 5.82 Å². The molecule has 1 N–H and O–H groups in total. The Morgan fingerprint density at radius 3 is 2.41 bits per heavy atom. The third-order valence-electron chi connectivity index (χ3n) is 3.22. The highest BCUT2D eigenvalue weighted by atomic mass is 16.1. The Morgan fingerprint density at radius 1 is 1.24 bits per heavy atom. The van der Waals surface area contributed by atoms with Crippen molar-refractivity contribution in [2.75, 3.05) is 31.1 Å². The summed E-state index contributed by atoms with van der Waals surface area (Å²) >= 11 is 0. The van der Waals surface area contributed by atoms with Crippen molar-refractivity contribution in [3.8, 4) is 0 Å². The summed E-state index contributed by atoms with van der Waals surface area (Å²) in [6.07, 6.45) is 3.20. The standard InChI is InChI=1S/C12H20N4O/c1-12(2,3)16-8-6-15(7-9-16)10-11(17)14-5-4-13-10/h4-5H,6-9H2,1-3H3,(H,14,17). The Labute approximate surface area is 101 Å². The molecule has 1 aliphatic heterocycles. The first-order valence-corrected chi connectivity index (χ1v) is 6.02. The van der Waals surface area contributed by atoms with Crippen LogP contribution in [-0.4, -0.2) is 46.6 Å². The molecule has 0 atom stereocenters. The van der Waals surface area contributed by atoms with Gasteiger partial charge in [-0.15, -0.1) is 0 Å². The summed E-state index contributed by atoms with van der Waals surface area (Å²) in [5.74, 6) is 0.543. The molecule has 17 heavy (non-hydrogen) atoms. The quantitative estimate of drug-likeness (QED) is 0.779.